The fourth-order valence-electron chi connectivity index (χ4n) is 5.84. The van der Waals surface area contributed by atoms with E-state index >= 15 is 0 Å². The van der Waals surface area contributed by atoms with Crippen LogP contribution in [0.1, 0.15) is 35.2 Å². The molecule has 2 aromatic heterocycles. The number of aromatic amines is 1. The van der Waals surface area contributed by atoms with Crippen molar-refractivity contribution in [1.82, 2.24) is 9.55 Å². The number of rotatable bonds is 6. The van der Waals surface area contributed by atoms with Crippen molar-refractivity contribution in [3.05, 3.63) is 156 Å². The zero-order chi connectivity index (χ0) is 31.1. The van der Waals surface area contributed by atoms with Gasteiger partial charge in [-0.2, -0.15) is 0 Å². The number of H-pyrrole nitrogens is 1. The van der Waals surface area contributed by atoms with Crippen molar-refractivity contribution < 1.29 is 9.53 Å². The number of benzene rings is 4. The summed E-state index contributed by atoms with van der Waals surface area (Å²) in [6.07, 6.45) is 1.94. The van der Waals surface area contributed by atoms with Crippen LogP contribution in [0.3, 0.4) is 0 Å². The third kappa shape index (κ3) is 5.24. The van der Waals surface area contributed by atoms with E-state index in [-0.39, 0.29) is 12.2 Å². The number of ether oxygens (including phenoxy) is 1. The Morgan fingerprint density at radius 3 is 2.36 bits per heavy atom. The second kappa shape index (κ2) is 11.8. The van der Waals surface area contributed by atoms with Gasteiger partial charge in [-0.25, -0.2) is 9.79 Å². The van der Waals surface area contributed by atoms with E-state index < -0.39 is 12.0 Å². The predicted molar refractivity (Wildman–Crippen MR) is 181 cm³/mol. The van der Waals surface area contributed by atoms with Gasteiger partial charge in [0.2, 0.25) is 0 Å². The maximum atomic E-state index is 14.5. The average Bonchev–Trinajstić information content (AvgIpc) is 3.58. The minimum absolute atomic E-state index is 0.185. The van der Waals surface area contributed by atoms with Crippen molar-refractivity contribution in [3.8, 4) is 11.3 Å². The van der Waals surface area contributed by atoms with Crippen molar-refractivity contribution in [2.45, 2.75) is 19.9 Å². The number of carbonyl (C=O) groups is 1. The molecule has 1 atom stereocenters. The van der Waals surface area contributed by atoms with Crippen molar-refractivity contribution in [2.24, 2.45) is 4.99 Å². The third-order valence-corrected chi connectivity index (χ3v) is 9.13. The number of carbonyl (C=O) groups excluding carboxylic acids is 1. The Kier molecular flexibility index (Phi) is 7.57. The predicted octanol–water partition coefficient (Wildman–Crippen LogP) is 7.05. The zero-order valence-electron chi connectivity index (χ0n) is 24.6. The molecule has 0 aliphatic carbocycles. The van der Waals surface area contributed by atoms with Gasteiger partial charge in [0, 0.05) is 27.1 Å². The topological polar surface area (TPSA) is 76.4 Å². The van der Waals surface area contributed by atoms with Gasteiger partial charge in [-0.15, -0.1) is 0 Å². The molecule has 4 aromatic carbocycles. The van der Waals surface area contributed by atoms with Gasteiger partial charge in [-0.05, 0) is 55.3 Å². The highest BCUT2D eigenvalue weighted by Crippen LogP contribution is 2.36. The van der Waals surface area contributed by atoms with Crippen LogP contribution in [0.5, 0.6) is 0 Å². The number of nitrogens with zero attached hydrogens (tertiary/aromatic N) is 2. The lowest BCUT2D eigenvalue weighted by molar-refractivity contribution is -0.138. The van der Waals surface area contributed by atoms with Crippen LogP contribution in [-0.2, 0) is 9.53 Å². The Morgan fingerprint density at radius 1 is 0.978 bits per heavy atom. The smallest absolute Gasteiger partial charge is 0.338 e. The molecule has 3 heterocycles. The van der Waals surface area contributed by atoms with Crippen LogP contribution in [0.2, 0.25) is 5.02 Å². The second-order valence-corrected chi connectivity index (χ2v) is 12.3. The van der Waals surface area contributed by atoms with E-state index in [0.717, 1.165) is 44.4 Å². The first-order valence-electron chi connectivity index (χ1n) is 14.6. The molecule has 1 N–H and O–H groups in total. The fraction of sp³-hybridized carbons (Fsp3) is 0.108. The van der Waals surface area contributed by atoms with Gasteiger partial charge < -0.3 is 9.72 Å². The average molecular weight is 630 g/mol. The summed E-state index contributed by atoms with van der Waals surface area (Å²) in [4.78, 5) is 37.2. The van der Waals surface area contributed by atoms with Gasteiger partial charge >= 0.3 is 5.97 Å². The van der Waals surface area contributed by atoms with E-state index in [9.17, 15) is 9.59 Å². The molecule has 8 heteroatoms. The Bertz CT molecular complexity index is 2280. The van der Waals surface area contributed by atoms with Crippen molar-refractivity contribution >= 4 is 51.6 Å². The minimum Gasteiger partial charge on any atom is -0.463 e. The van der Waals surface area contributed by atoms with Gasteiger partial charge in [0.1, 0.15) is 0 Å². The van der Waals surface area contributed by atoms with E-state index in [2.05, 4.69) is 42.2 Å². The minimum atomic E-state index is -0.770. The lowest BCUT2D eigenvalue weighted by atomic mass is 9.93. The first-order valence-corrected chi connectivity index (χ1v) is 15.8. The number of thiazole rings is 1. The van der Waals surface area contributed by atoms with Crippen LogP contribution in [0.15, 0.2) is 118 Å². The molecule has 7 rings (SSSR count). The molecule has 0 radical (unpaired) electrons. The number of fused-ring (bicyclic) bond motifs is 2. The van der Waals surface area contributed by atoms with Gasteiger partial charge in [-0.1, -0.05) is 107 Å². The molecule has 0 unspecified atom stereocenters. The summed E-state index contributed by atoms with van der Waals surface area (Å²) in [6.45, 7) is 4.01. The molecule has 0 bridgehead atoms. The largest absolute Gasteiger partial charge is 0.463 e. The highest BCUT2D eigenvalue weighted by atomic mass is 35.5. The number of hydrogen-bond donors (Lipinski definition) is 1. The summed E-state index contributed by atoms with van der Waals surface area (Å²) < 4.78 is 7.69. The summed E-state index contributed by atoms with van der Waals surface area (Å²) in [5, 5.41) is 1.57. The molecule has 6 aromatic rings. The molecule has 0 spiro atoms. The lowest BCUT2D eigenvalue weighted by Crippen LogP contribution is -2.40. The number of aryl methyl sites for hydroxylation is 1. The van der Waals surface area contributed by atoms with Crippen molar-refractivity contribution in [3.63, 3.8) is 0 Å². The van der Waals surface area contributed by atoms with Crippen LogP contribution in [0.25, 0.3) is 33.9 Å². The molecule has 6 nitrogen and oxygen atoms in total. The Balaban J connectivity index is 1.53. The van der Waals surface area contributed by atoms with Crippen molar-refractivity contribution in [2.75, 3.05) is 6.61 Å². The number of nitrogens with one attached hydrogen (secondary N) is 1. The molecule has 1 aliphatic rings. The van der Waals surface area contributed by atoms with Gasteiger partial charge in [0.05, 0.1) is 34.1 Å². The van der Waals surface area contributed by atoms with E-state index in [1.165, 1.54) is 11.3 Å². The number of aromatic nitrogens is 2. The zero-order valence-corrected chi connectivity index (χ0v) is 26.2. The van der Waals surface area contributed by atoms with Gasteiger partial charge in [-0.3, -0.25) is 9.36 Å². The quantitative estimate of drug-likeness (QED) is 0.201. The van der Waals surface area contributed by atoms with Gasteiger partial charge in [0.25, 0.3) is 5.56 Å². The van der Waals surface area contributed by atoms with Crippen LogP contribution >= 0.6 is 22.9 Å². The van der Waals surface area contributed by atoms with E-state index in [1.54, 1.807) is 23.6 Å². The summed E-state index contributed by atoms with van der Waals surface area (Å²) >= 11 is 7.57. The molecule has 1 aliphatic heterocycles. The molecule has 222 valence electrons. The van der Waals surface area contributed by atoms with E-state index in [4.69, 9.17) is 21.3 Å². The summed E-state index contributed by atoms with van der Waals surface area (Å²) in [6, 6.07) is 32.3. The molecule has 45 heavy (non-hydrogen) atoms. The normalized spacial score (nSPS) is 14.8. The molecular weight excluding hydrogens is 602 g/mol. The summed E-state index contributed by atoms with van der Waals surface area (Å²) in [7, 11) is 0. The van der Waals surface area contributed by atoms with Crippen LogP contribution in [-0.4, -0.2) is 22.1 Å². The Hall–Kier alpha value is -4.98. The number of esters is 1. The standard InChI is InChI=1S/C37H28ClN3O3S/c1-3-44-36(43)31-33(24-12-8-5-9-13-24)40-37-41(34(31)25-15-17-26(38)18-16-25)35(42)30(45-37)21-28-27-20-22(2)14-19-29(27)39-32(28)23-10-6-4-7-11-23/h4-21,34,39H,3H2,1-2H3/b30-21+/t34-/m0/s1. The van der Waals surface area contributed by atoms with E-state index in [1.807, 2.05) is 66.7 Å². The monoisotopic (exact) mass is 629 g/mol. The second-order valence-electron chi connectivity index (χ2n) is 10.8. The van der Waals surface area contributed by atoms with Crippen LogP contribution < -0.4 is 14.9 Å². The first-order chi connectivity index (χ1) is 21.9. The Morgan fingerprint density at radius 2 is 1.67 bits per heavy atom. The maximum Gasteiger partial charge on any atom is 0.338 e. The molecule has 0 fully saturated rings. The van der Waals surface area contributed by atoms with E-state index in [0.29, 0.717) is 25.6 Å². The first kappa shape index (κ1) is 28.8. The Labute approximate surface area is 268 Å². The SMILES string of the molecule is CCOC(=O)C1=C(c2ccccc2)N=c2s/c(=C/c3c(-c4ccccc4)[nH]c4ccc(C)cc34)c(=O)n2[C@H]1c1ccc(Cl)cc1. The molecule has 0 saturated heterocycles. The maximum absolute atomic E-state index is 14.5. The summed E-state index contributed by atoms with van der Waals surface area (Å²) in [5.41, 5.74) is 6.98. The number of hydrogen-bond acceptors (Lipinski definition) is 5. The molecule has 0 saturated carbocycles. The fourth-order valence-corrected chi connectivity index (χ4v) is 6.95. The van der Waals surface area contributed by atoms with Crippen LogP contribution in [0, 0.1) is 6.92 Å². The highest BCUT2D eigenvalue weighted by Gasteiger charge is 2.35. The third-order valence-electron chi connectivity index (χ3n) is 7.89. The summed E-state index contributed by atoms with van der Waals surface area (Å²) in [5.74, 6) is -0.521. The van der Waals surface area contributed by atoms with Gasteiger partial charge in [0.15, 0.2) is 4.80 Å². The molecular formula is C37H28ClN3O3S. The van der Waals surface area contributed by atoms with Crippen LogP contribution in [0.4, 0.5) is 0 Å². The van der Waals surface area contributed by atoms with Crippen molar-refractivity contribution in [1.29, 1.82) is 0 Å². The number of halogens is 1. The lowest BCUT2D eigenvalue weighted by Gasteiger charge is -2.25. The molecule has 0 amide bonds. The highest BCUT2D eigenvalue weighted by molar-refractivity contribution is 7.07.